The molecular formula is C13H19N3O2. The van der Waals surface area contributed by atoms with Crippen LogP contribution in [-0.2, 0) is 0 Å². The third-order valence-electron chi connectivity index (χ3n) is 3.29. The van der Waals surface area contributed by atoms with Crippen LogP contribution in [0.3, 0.4) is 0 Å². The van der Waals surface area contributed by atoms with Crippen LogP contribution >= 0.6 is 0 Å². The van der Waals surface area contributed by atoms with E-state index in [4.69, 9.17) is 0 Å². The number of hydrogen-bond donors (Lipinski definition) is 2. The molecule has 1 aliphatic rings. The topological polar surface area (TPSA) is 67.2 Å². The van der Waals surface area contributed by atoms with E-state index in [1.165, 1.54) is 19.3 Å². The van der Waals surface area contributed by atoms with Crippen molar-refractivity contribution in [1.82, 2.24) is 0 Å². The molecule has 0 unspecified atom stereocenters. The molecule has 0 aliphatic heterocycles. The summed E-state index contributed by atoms with van der Waals surface area (Å²) < 4.78 is 0. The number of benzene rings is 1. The van der Waals surface area contributed by atoms with Crippen molar-refractivity contribution >= 4 is 17.1 Å². The number of rotatable bonds is 7. The smallest absolute Gasteiger partial charge is 0.315 e. The molecular weight excluding hydrogens is 230 g/mol. The Hall–Kier alpha value is -1.78. The summed E-state index contributed by atoms with van der Waals surface area (Å²) in [6.45, 7) is 0.796. The first kappa shape index (κ1) is 12.7. The fraction of sp³-hybridized carbons (Fsp3) is 0.538. The molecule has 2 rings (SSSR count). The molecule has 1 fully saturated rings. The summed E-state index contributed by atoms with van der Waals surface area (Å²) in [7, 11) is 1.69. The highest BCUT2D eigenvalue weighted by molar-refractivity contribution is 5.75. The molecule has 18 heavy (non-hydrogen) atoms. The maximum absolute atomic E-state index is 11.1. The fourth-order valence-corrected chi connectivity index (χ4v) is 2.10. The van der Waals surface area contributed by atoms with Gasteiger partial charge in [-0.15, -0.1) is 0 Å². The van der Waals surface area contributed by atoms with E-state index in [1.54, 1.807) is 19.2 Å². The highest BCUT2D eigenvalue weighted by atomic mass is 16.6. The molecule has 0 atom stereocenters. The van der Waals surface area contributed by atoms with Gasteiger partial charge in [0, 0.05) is 13.6 Å². The van der Waals surface area contributed by atoms with Gasteiger partial charge < -0.3 is 10.6 Å². The molecule has 2 N–H and O–H groups in total. The number of anilines is 2. The van der Waals surface area contributed by atoms with Gasteiger partial charge in [0.25, 0.3) is 0 Å². The lowest BCUT2D eigenvalue weighted by Crippen LogP contribution is -2.06. The highest BCUT2D eigenvalue weighted by Gasteiger charge is 2.21. The van der Waals surface area contributed by atoms with Crippen LogP contribution in [0.2, 0.25) is 0 Å². The Bertz CT molecular complexity index is 430. The van der Waals surface area contributed by atoms with Crippen molar-refractivity contribution in [2.45, 2.75) is 25.7 Å². The van der Waals surface area contributed by atoms with Crippen molar-refractivity contribution in [3.05, 3.63) is 28.3 Å². The van der Waals surface area contributed by atoms with E-state index in [0.29, 0.717) is 11.4 Å². The number of nitrogens with zero attached hydrogens (tertiary/aromatic N) is 1. The number of para-hydroxylation sites is 1. The van der Waals surface area contributed by atoms with E-state index < -0.39 is 0 Å². The van der Waals surface area contributed by atoms with Crippen LogP contribution in [0, 0.1) is 16.0 Å². The van der Waals surface area contributed by atoms with Crippen LogP contribution in [0.1, 0.15) is 25.7 Å². The highest BCUT2D eigenvalue weighted by Crippen LogP contribution is 2.34. The summed E-state index contributed by atoms with van der Waals surface area (Å²) in [6, 6.07) is 5.30. The zero-order chi connectivity index (χ0) is 13.0. The lowest BCUT2D eigenvalue weighted by atomic mass is 10.2. The minimum absolute atomic E-state index is 0.131. The Morgan fingerprint density at radius 3 is 2.72 bits per heavy atom. The molecule has 0 saturated heterocycles. The minimum Gasteiger partial charge on any atom is -0.382 e. The Morgan fingerprint density at radius 2 is 2.11 bits per heavy atom. The first-order valence-electron chi connectivity index (χ1n) is 6.41. The average Bonchev–Trinajstić information content (AvgIpc) is 3.18. The van der Waals surface area contributed by atoms with Crippen LogP contribution in [-0.4, -0.2) is 18.5 Å². The summed E-state index contributed by atoms with van der Waals surface area (Å²) in [5.74, 6) is 0.908. The maximum Gasteiger partial charge on any atom is 0.315 e. The van der Waals surface area contributed by atoms with Gasteiger partial charge in [-0.2, -0.15) is 0 Å². The largest absolute Gasteiger partial charge is 0.382 e. The van der Waals surface area contributed by atoms with E-state index >= 15 is 0 Å². The monoisotopic (exact) mass is 249 g/mol. The van der Waals surface area contributed by atoms with E-state index in [-0.39, 0.29) is 10.6 Å². The van der Waals surface area contributed by atoms with Gasteiger partial charge in [0.15, 0.2) is 0 Å². The Balaban J connectivity index is 1.98. The zero-order valence-corrected chi connectivity index (χ0v) is 10.6. The molecule has 0 spiro atoms. The second-order valence-electron chi connectivity index (χ2n) is 4.72. The lowest BCUT2D eigenvalue weighted by molar-refractivity contribution is -0.383. The molecule has 0 bridgehead atoms. The Labute approximate surface area is 107 Å². The lowest BCUT2D eigenvalue weighted by Gasteiger charge is -2.09. The van der Waals surface area contributed by atoms with Crippen LogP contribution in [0.5, 0.6) is 0 Å². The van der Waals surface area contributed by atoms with Gasteiger partial charge >= 0.3 is 5.69 Å². The number of nitro groups is 1. The Morgan fingerprint density at radius 1 is 1.39 bits per heavy atom. The first-order valence-corrected chi connectivity index (χ1v) is 6.41. The molecule has 1 aliphatic carbocycles. The van der Waals surface area contributed by atoms with Crippen molar-refractivity contribution in [3.63, 3.8) is 0 Å². The molecule has 1 aromatic rings. The Kier molecular flexibility index (Phi) is 4.02. The maximum atomic E-state index is 11.1. The molecule has 98 valence electrons. The second kappa shape index (κ2) is 5.71. The van der Waals surface area contributed by atoms with Gasteiger partial charge in [0.1, 0.15) is 11.4 Å². The van der Waals surface area contributed by atoms with E-state index in [9.17, 15) is 10.1 Å². The summed E-state index contributed by atoms with van der Waals surface area (Å²) in [5, 5.41) is 17.1. The number of nitro benzene ring substituents is 1. The molecule has 0 amide bonds. The minimum atomic E-state index is -0.338. The summed E-state index contributed by atoms with van der Waals surface area (Å²) >= 11 is 0. The summed E-state index contributed by atoms with van der Waals surface area (Å²) in [6.07, 6.45) is 5.02. The second-order valence-corrected chi connectivity index (χ2v) is 4.72. The van der Waals surface area contributed by atoms with Crippen molar-refractivity contribution < 1.29 is 4.92 Å². The molecule has 1 saturated carbocycles. The van der Waals surface area contributed by atoms with Gasteiger partial charge in [-0.3, -0.25) is 10.1 Å². The van der Waals surface area contributed by atoms with Crippen LogP contribution in [0.25, 0.3) is 0 Å². The predicted octanol–water partition coefficient (Wildman–Crippen LogP) is 3.24. The molecule has 0 aromatic heterocycles. The molecule has 5 nitrogen and oxygen atoms in total. The van der Waals surface area contributed by atoms with Crippen molar-refractivity contribution in [3.8, 4) is 0 Å². The van der Waals surface area contributed by atoms with Crippen molar-refractivity contribution in [2.75, 3.05) is 24.2 Å². The summed E-state index contributed by atoms with van der Waals surface area (Å²) in [4.78, 5) is 10.7. The third-order valence-corrected chi connectivity index (χ3v) is 3.29. The fourth-order valence-electron chi connectivity index (χ4n) is 2.10. The van der Waals surface area contributed by atoms with Crippen molar-refractivity contribution in [1.29, 1.82) is 0 Å². The predicted molar refractivity (Wildman–Crippen MR) is 73.1 cm³/mol. The van der Waals surface area contributed by atoms with Gasteiger partial charge in [0.2, 0.25) is 0 Å². The van der Waals surface area contributed by atoms with Gasteiger partial charge in [-0.1, -0.05) is 18.9 Å². The van der Waals surface area contributed by atoms with E-state index in [2.05, 4.69) is 10.6 Å². The normalized spacial score (nSPS) is 14.3. The van der Waals surface area contributed by atoms with Gasteiger partial charge in [0.05, 0.1) is 4.92 Å². The van der Waals surface area contributed by atoms with Crippen LogP contribution in [0.4, 0.5) is 17.1 Å². The first-order chi connectivity index (χ1) is 8.72. The summed E-state index contributed by atoms with van der Waals surface area (Å²) in [5.41, 5.74) is 1.28. The number of nitrogens with one attached hydrogen (secondary N) is 2. The SMILES string of the molecule is CNc1cccc(NCCCC2CC2)c1[N+](=O)[O-]. The van der Waals surface area contributed by atoms with Crippen molar-refractivity contribution in [2.24, 2.45) is 5.92 Å². The van der Waals surface area contributed by atoms with E-state index in [0.717, 1.165) is 18.9 Å². The standard InChI is InChI=1S/C13H19N3O2/c1-14-11-5-2-6-12(13(11)16(17)18)15-9-3-4-10-7-8-10/h2,5-6,10,14-15H,3-4,7-9H2,1H3. The number of hydrogen-bond acceptors (Lipinski definition) is 4. The van der Waals surface area contributed by atoms with Crippen LogP contribution in [0.15, 0.2) is 18.2 Å². The van der Waals surface area contributed by atoms with E-state index in [1.807, 2.05) is 6.07 Å². The molecule has 1 aromatic carbocycles. The average molecular weight is 249 g/mol. The molecule has 0 radical (unpaired) electrons. The molecule has 0 heterocycles. The third kappa shape index (κ3) is 3.12. The zero-order valence-electron chi connectivity index (χ0n) is 10.6. The van der Waals surface area contributed by atoms with Gasteiger partial charge in [-0.05, 0) is 30.9 Å². The van der Waals surface area contributed by atoms with Gasteiger partial charge in [-0.25, -0.2) is 0 Å². The molecule has 5 heteroatoms. The quantitative estimate of drug-likeness (QED) is 0.442. The van der Waals surface area contributed by atoms with Crippen LogP contribution < -0.4 is 10.6 Å².